The zero-order chi connectivity index (χ0) is 15.5. The highest BCUT2D eigenvalue weighted by atomic mass is 32.2. The molecular weight excluding hydrogens is 292 g/mol. The SMILES string of the molecule is Nc1ccc(CN(C[C@@H](O)CO)[C@H]2CCS(=O)(=O)C2)cc1. The molecule has 0 aromatic heterocycles. The predicted octanol–water partition coefficient (Wildman–Crippen LogP) is -0.389. The minimum Gasteiger partial charge on any atom is -0.399 e. The van der Waals surface area contributed by atoms with Gasteiger partial charge in [0.2, 0.25) is 0 Å². The molecule has 2 rings (SSSR count). The molecule has 1 aliphatic rings. The Morgan fingerprint density at radius 3 is 2.52 bits per heavy atom. The van der Waals surface area contributed by atoms with Gasteiger partial charge >= 0.3 is 0 Å². The lowest BCUT2D eigenvalue weighted by molar-refractivity contribution is 0.0447. The van der Waals surface area contributed by atoms with E-state index in [0.29, 0.717) is 18.7 Å². The molecule has 1 saturated heterocycles. The third kappa shape index (κ3) is 4.67. The lowest BCUT2D eigenvalue weighted by Gasteiger charge is -2.29. The molecule has 1 heterocycles. The topological polar surface area (TPSA) is 104 Å². The van der Waals surface area contributed by atoms with Crippen LogP contribution in [0.2, 0.25) is 0 Å². The van der Waals surface area contributed by atoms with Crippen LogP contribution in [0, 0.1) is 0 Å². The number of benzene rings is 1. The number of hydrogen-bond acceptors (Lipinski definition) is 6. The van der Waals surface area contributed by atoms with Gasteiger partial charge in [0.25, 0.3) is 0 Å². The average Bonchev–Trinajstić information content (AvgIpc) is 2.80. The van der Waals surface area contributed by atoms with Gasteiger partial charge in [-0.2, -0.15) is 0 Å². The Kier molecular flexibility index (Phi) is 5.21. The summed E-state index contributed by atoms with van der Waals surface area (Å²) in [6, 6.07) is 7.24. The summed E-state index contributed by atoms with van der Waals surface area (Å²) in [7, 11) is -2.99. The van der Waals surface area contributed by atoms with Gasteiger partial charge in [-0.1, -0.05) is 12.1 Å². The van der Waals surface area contributed by atoms with Crippen molar-refractivity contribution in [2.24, 2.45) is 0 Å². The van der Waals surface area contributed by atoms with E-state index < -0.39 is 15.9 Å². The smallest absolute Gasteiger partial charge is 0.151 e. The van der Waals surface area contributed by atoms with Gasteiger partial charge < -0.3 is 15.9 Å². The van der Waals surface area contributed by atoms with Crippen LogP contribution in [-0.4, -0.2) is 60.3 Å². The van der Waals surface area contributed by atoms with Crippen molar-refractivity contribution < 1.29 is 18.6 Å². The van der Waals surface area contributed by atoms with E-state index in [1.807, 2.05) is 17.0 Å². The van der Waals surface area contributed by atoms with Crippen LogP contribution in [0.25, 0.3) is 0 Å². The van der Waals surface area contributed by atoms with Gasteiger partial charge in [-0.3, -0.25) is 4.90 Å². The van der Waals surface area contributed by atoms with Crippen molar-refractivity contribution in [3.63, 3.8) is 0 Å². The molecule has 0 unspecified atom stereocenters. The number of nitrogen functional groups attached to an aromatic ring is 1. The lowest BCUT2D eigenvalue weighted by atomic mass is 10.1. The minimum absolute atomic E-state index is 0.111. The highest BCUT2D eigenvalue weighted by Crippen LogP contribution is 2.20. The summed E-state index contributed by atoms with van der Waals surface area (Å²) in [6.45, 7) is 0.441. The fourth-order valence-electron chi connectivity index (χ4n) is 2.59. The Morgan fingerprint density at radius 1 is 1.33 bits per heavy atom. The van der Waals surface area contributed by atoms with Gasteiger partial charge in [-0.25, -0.2) is 8.42 Å². The molecule has 1 aromatic carbocycles. The molecule has 0 saturated carbocycles. The summed E-state index contributed by atoms with van der Waals surface area (Å²) < 4.78 is 23.3. The molecule has 21 heavy (non-hydrogen) atoms. The van der Waals surface area contributed by atoms with Crippen molar-refractivity contribution in [2.75, 3.05) is 30.4 Å². The number of rotatable bonds is 6. The molecule has 0 amide bonds. The number of nitrogens with two attached hydrogens (primary N) is 1. The molecule has 0 aliphatic carbocycles. The van der Waals surface area contributed by atoms with Crippen molar-refractivity contribution >= 4 is 15.5 Å². The van der Waals surface area contributed by atoms with Gasteiger partial charge in [-0.05, 0) is 24.1 Å². The second-order valence-electron chi connectivity index (χ2n) is 5.56. The first kappa shape index (κ1) is 16.2. The zero-order valence-corrected chi connectivity index (χ0v) is 12.7. The van der Waals surface area contributed by atoms with Crippen LogP contribution in [0.15, 0.2) is 24.3 Å². The minimum atomic E-state index is -2.99. The van der Waals surface area contributed by atoms with E-state index in [2.05, 4.69) is 0 Å². The molecule has 0 spiro atoms. The summed E-state index contributed by atoms with van der Waals surface area (Å²) in [5.74, 6) is 0.297. The van der Waals surface area contributed by atoms with Gasteiger partial charge in [-0.15, -0.1) is 0 Å². The van der Waals surface area contributed by atoms with E-state index in [9.17, 15) is 13.5 Å². The summed E-state index contributed by atoms with van der Waals surface area (Å²) in [5, 5.41) is 18.7. The van der Waals surface area contributed by atoms with E-state index in [1.165, 1.54) is 0 Å². The fourth-order valence-corrected chi connectivity index (χ4v) is 4.35. The zero-order valence-electron chi connectivity index (χ0n) is 11.9. The van der Waals surface area contributed by atoms with Gasteiger partial charge in [0.1, 0.15) is 0 Å². The Bertz CT molecular complexity index is 559. The molecule has 6 nitrogen and oxygen atoms in total. The lowest BCUT2D eigenvalue weighted by Crippen LogP contribution is -2.41. The highest BCUT2D eigenvalue weighted by Gasteiger charge is 2.32. The number of hydrogen-bond donors (Lipinski definition) is 3. The number of nitrogens with zero attached hydrogens (tertiary/aromatic N) is 1. The molecule has 118 valence electrons. The predicted molar refractivity (Wildman–Crippen MR) is 81.4 cm³/mol. The van der Waals surface area contributed by atoms with Crippen LogP contribution in [0.4, 0.5) is 5.69 Å². The fraction of sp³-hybridized carbons (Fsp3) is 0.571. The Balaban J connectivity index is 2.10. The van der Waals surface area contributed by atoms with Crippen molar-refractivity contribution in [3.05, 3.63) is 29.8 Å². The first-order valence-corrected chi connectivity index (χ1v) is 8.79. The number of aliphatic hydroxyl groups is 2. The first-order chi connectivity index (χ1) is 9.89. The van der Waals surface area contributed by atoms with Gasteiger partial charge in [0, 0.05) is 24.8 Å². The average molecular weight is 314 g/mol. The summed E-state index contributed by atoms with van der Waals surface area (Å²) in [4.78, 5) is 1.93. The maximum absolute atomic E-state index is 11.6. The first-order valence-electron chi connectivity index (χ1n) is 6.97. The molecule has 0 bridgehead atoms. The Labute approximate surface area is 125 Å². The van der Waals surface area contributed by atoms with E-state index in [1.54, 1.807) is 12.1 Å². The van der Waals surface area contributed by atoms with E-state index in [0.717, 1.165) is 5.56 Å². The molecule has 0 radical (unpaired) electrons. The largest absolute Gasteiger partial charge is 0.399 e. The molecule has 1 fully saturated rings. The molecule has 1 aliphatic heterocycles. The molecule has 2 atom stereocenters. The van der Waals surface area contributed by atoms with Crippen LogP contribution in [0.5, 0.6) is 0 Å². The van der Waals surface area contributed by atoms with E-state index in [-0.39, 0.29) is 30.7 Å². The van der Waals surface area contributed by atoms with Crippen molar-refractivity contribution in [1.82, 2.24) is 4.90 Å². The van der Waals surface area contributed by atoms with Crippen molar-refractivity contribution in [2.45, 2.75) is 25.1 Å². The second kappa shape index (κ2) is 6.74. The number of aliphatic hydroxyl groups excluding tert-OH is 2. The van der Waals surface area contributed by atoms with Crippen LogP contribution in [0.1, 0.15) is 12.0 Å². The van der Waals surface area contributed by atoms with Gasteiger partial charge in [0.05, 0.1) is 24.2 Å². The van der Waals surface area contributed by atoms with Crippen LogP contribution < -0.4 is 5.73 Å². The van der Waals surface area contributed by atoms with E-state index in [4.69, 9.17) is 10.8 Å². The Morgan fingerprint density at radius 2 is 2.00 bits per heavy atom. The third-order valence-corrected chi connectivity index (χ3v) is 5.50. The van der Waals surface area contributed by atoms with Crippen LogP contribution >= 0.6 is 0 Å². The molecular formula is C14H22N2O4S. The van der Waals surface area contributed by atoms with E-state index >= 15 is 0 Å². The Hall–Kier alpha value is -1.15. The molecule has 7 heteroatoms. The normalized spacial score (nSPS) is 22.5. The standard InChI is InChI=1S/C14H22N2O4S/c15-12-3-1-11(2-4-12)7-16(8-14(18)9-17)13-5-6-21(19,20)10-13/h1-4,13-14,17-18H,5-10,15H2/t13-,14+/m0/s1. The molecule has 1 aromatic rings. The summed E-state index contributed by atoms with van der Waals surface area (Å²) in [5.41, 5.74) is 7.32. The van der Waals surface area contributed by atoms with Crippen molar-refractivity contribution in [1.29, 1.82) is 0 Å². The summed E-state index contributed by atoms with van der Waals surface area (Å²) >= 11 is 0. The number of anilines is 1. The second-order valence-corrected chi connectivity index (χ2v) is 7.79. The quantitative estimate of drug-likeness (QED) is 0.618. The maximum Gasteiger partial charge on any atom is 0.151 e. The summed E-state index contributed by atoms with van der Waals surface area (Å²) in [6.07, 6.45) is -0.308. The third-order valence-electron chi connectivity index (χ3n) is 3.75. The van der Waals surface area contributed by atoms with Crippen LogP contribution in [-0.2, 0) is 16.4 Å². The number of sulfone groups is 1. The molecule has 4 N–H and O–H groups in total. The highest BCUT2D eigenvalue weighted by molar-refractivity contribution is 7.91. The van der Waals surface area contributed by atoms with Crippen molar-refractivity contribution in [3.8, 4) is 0 Å². The maximum atomic E-state index is 11.6. The monoisotopic (exact) mass is 314 g/mol. The van der Waals surface area contributed by atoms with Gasteiger partial charge in [0.15, 0.2) is 9.84 Å². The van der Waals surface area contributed by atoms with Crippen LogP contribution in [0.3, 0.4) is 0 Å².